The summed E-state index contributed by atoms with van der Waals surface area (Å²) in [5.74, 6) is -0.209. The van der Waals surface area contributed by atoms with E-state index in [0.29, 0.717) is 0 Å². The van der Waals surface area contributed by atoms with E-state index in [9.17, 15) is 9.59 Å². The van der Waals surface area contributed by atoms with Crippen LogP contribution in [0, 0.1) is 5.92 Å². The molecule has 1 rings (SSSR count). The molecule has 0 aromatic heterocycles. The molecule has 21 heavy (non-hydrogen) atoms. The SMILES string of the molecule is CCN1CCN(C(=O)CNC(=O)[C@@H](N)C(C)C)CC1.Cl.Cl. The van der Waals surface area contributed by atoms with Gasteiger partial charge in [0.25, 0.3) is 0 Å². The lowest BCUT2D eigenvalue weighted by atomic mass is 10.1. The van der Waals surface area contributed by atoms with Crippen molar-refractivity contribution < 1.29 is 9.59 Å². The van der Waals surface area contributed by atoms with Crippen LogP contribution in [0.3, 0.4) is 0 Å². The highest BCUT2D eigenvalue weighted by Crippen LogP contribution is 2.01. The average Bonchev–Trinajstić information content (AvgIpc) is 2.43. The lowest BCUT2D eigenvalue weighted by molar-refractivity contribution is -0.134. The Labute approximate surface area is 139 Å². The molecule has 0 aliphatic carbocycles. The summed E-state index contributed by atoms with van der Waals surface area (Å²) in [7, 11) is 0. The summed E-state index contributed by atoms with van der Waals surface area (Å²) in [6, 6.07) is -0.551. The molecule has 1 fully saturated rings. The maximum absolute atomic E-state index is 11.9. The van der Waals surface area contributed by atoms with Gasteiger partial charge in [-0.3, -0.25) is 9.59 Å². The summed E-state index contributed by atoms with van der Waals surface area (Å²) in [6.07, 6.45) is 0. The quantitative estimate of drug-likeness (QED) is 0.742. The second kappa shape index (κ2) is 11.1. The van der Waals surface area contributed by atoms with E-state index in [0.717, 1.165) is 32.7 Å². The molecule has 0 aromatic carbocycles. The van der Waals surface area contributed by atoms with Crippen molar-refractivity contribution in [2.75, 3.05) is 39.3 Å². The first kappa shape index (κ1) is 22.7. The second-order valence-electron chi connectivity index (χ2n) is 5.30. The molecule has 1 aliphatic heterocycles. The molecule has 1 saturated heterocycles. The van der Waals surface area contributed by atoms with Gasteiger partial charge in [0, 0.05) is 26.2 Å². The minimum Gasteiger partial charge on any atom is -0.346 e. The standard InChI is InChI=1S/C13H26N4O2.2ClH/c1-4-16-5-7-17(8-6-16)11(18)9-15-13(19)12(14)10(2)3;;/h10,12H,4-9,14H2,1-3H3,(H,15,19);2*1H/t12-;;/m0../s1. The van der Waals surface area contributed by atoms with Gasteiger partial charge in [0.15, 0.2) is 0 Å². The maximum atomic E-state index is 11.9. The molecule has 1 aliphatic rings. The number of rotatable bonds is 5. The Balaban J connectivity index is 0. The third-order valence-electron chi connectivity index (χ3n) is 3.61. The summed E-state index contributed by atoms with van der Waals surface area (Å²) in [6.45, 7) is 10.2. The highest BCUT2D eigenvalue weighted by atomic mass is 35.5. The van der Waals surface area contributed by atoms with Gasteiger partial charge in [0.2, 0.25) is 11.8 Å². The number of likely N-dealkylation sites (N-methyl/N-ethyl adjacent to an activating group) is 1. The van der Waals surface area contributed by atoms with E-state index < -0.39 is 6.04 Å². The Morgan fingerprint density at radius 1 is 1.14 bits per heavy atom. The number of hydrogen-bond donors (Lipinski definition) is 2. The van der Waals surface area contributed by atoms with Gasteiger partial charge < -0.3 is 20.9 Å². The van der Waals surface area contributed by atoms with Crippen LogP contribution < -0.4 is 11.1 Å². The maximum Gasteiger partial charge on any atom is 0.242 e. The molecule has 126 valence electrons. The van der Waals surface area contributed by atoms with Crippen LogP contribution in [-0.4, -0.2) is 66.9 Å². The van der Waals surface area contributed by atoms with Crippen LogP contribution in [0.2, 0.25) is 0 Å². The van der Waals surface area contributed by atoms with Crippen LogP contribution in [0.1, 0.15) is 20.8 Å². The normalized spacial score (nSPS) is 16.7. The first-order valence-electron chi connectivity index (χ1n) is 6.99. The largest absolute Gasteiger partial charge is 0.346 e. The van der Waals surface area contributed by atoms with E-state index in [-0.39, 0.29) is 49.1 Å². The molecule has 2 amide bonds. The number of hydrogen-bond acceptors (Lipinski definition) is 4. The van der Waals surface area contributed by atoms with Gasteiger partial charge in [-0.2, -0.15) is 0 Å². The van der Waals surface area contributed by atoms with Gasteiger partial charge in [0.1, 0.15) is 0 Å². The predicted octanol–water partition coefficient (Wildman–Crippen LogP) is 0.0936. The lowest BCUT2D eigenvalue weighted by Crippen LogP contribution is -2.52. The fraction of sp³-hybridized carbons (Fsp3) is 0.846. The molecule has 0 unspecified atom stereocenters. The Hall–Kier alpha value is -0.560. The molecule has 1 heterocycles. The highest BCUT2D eigenvalue weighted by Gasteiger charge is 2.22. The number of nitrogens with two attached hydrogens (primary N) is 1. The number of halogens is 2. The fourth-order valence-corrected chi connectivity index (χ4v) is 2.01. The molecule has 1 atom stereocenters. The molecule has 0 bridgehead atoms. The van der Waals surface area contributed by atoms with Gasteiger partial charge >= 0.3 is 0 Å². The molecule has 0 aromatic rings. The minimum atomic E-state index is -0.551. The number of carbonyl (C=O) groups is 2. The first-order valence-corrected chi connectivity index (χ1v) is 6.99. The average molecular weight is 343 g/mol. The predicted molar refractivity (Wildman–Crippen MR) is 89.0 cm³/mol. The molecule has 0 spiro atoms. The van der Waals surface area contributed by atoms with Crippen molar-refractivity contribution in [2.45, 2.75) is 26.8 Å². The summed E-state index contributed by atoms with van der Waals surface area (Å²) in [4.78, 5) is 27.7. The first-order chi connectivity index (χ1) is 8.95. The van der Waals surface area contributed by atoms with Crippen molar-refractivity contribution in [3.63, 3.8) is 0 Å². The van der Waals surface area contributed by atoms with E-state index in [1.807, 2.05) is 13.8 Å². The minimum absolute atomic E-state index is 0. The fourth-order valence-electron chi connectivity index (χ4n) is 2.01. The lowest BCUT2D eigenvalue weighted by Gasteiger charge is -2.34. The zero-order chi connectivity index (χ0) is 14.4. The van der Waals surface area contributed by atoms with Crippen LogP contribution in [0.4, 0.5) is 0 Å². The van der Waals surface area contributed by atoms with Gasteiger partial charge in [-0.05, 0) is 12.5 Å². The van der Waals surface area contributed by atoms with Crippen LogP contribution in [0.5, 0.6) is 0 Å². The molecule has 3 N–H and O–H groups in total. The number of nitrogens with one attached hydrogen (secondary N) is 1. The van der Waals surface area contributed by atoms with E-state index in [1.54, 1.807) is 4.90 Å². The molecule has 0 radical (unpaired) electrons. The topological polar surface area (TPSA) is 78.7 Å². The monoisotopic (exact) mass is 342 g/mol. The van der Waals surface area contributed by atoms with Gasteiger partial charge in [-0.25, -0.2) is 0 Å². The molecular formula is C13H28Cl2N4O2. The smallest absolute Gasteiger partial charge is 0.242 e. The number of carbonyl (C=O) groups excluding carboxylic acids is 2. The second-order valence-corrected chi connectivity index (χ2v) is 5.30. The third kappa shape index (κ3) is 7.31. The highest BCUT2D eigenvalue weighted by molar-refractivity contribution is 5.87. The number of piperazine rings is 1. The summed E-state index contributed by atoms with van der Waals surface area (Å²) < 4.78 is 0. The van der Waals surface area contributed by atoms with Crippen molar-refractivity contribution in [3.8, 4) is 0 Å². The summed E-state index contributed by atoms with van der Waals surface area (Å²) in [5, 5.41) is 2.62. The Kier molecular flexibility index (Phi) is 12.0. The van der Waals surface area contributed by atoms with Crippen LogP contribution in [-0.2, 0) is 9.59 Å². The van der Waals surface area contributed by atoms with Crippen molar-refractivity contribution in [3.05, 3.63) is 0 Å². The zero-order valence-electron chi connectivity index (χ0n) is 13.0. The Morgan fingerprint density at radius 2 is 1.67 bits per heavy atom. The van der Waals surface area contributed by atoms with E-state index in [1.165, 1.54) is 0 Å². The Bertz CT molecular complexity index is 321. The van der Waals surface area contributed by atoms with Crippen molar-refractivity contribution in [2.24, 2.45) is 11.7 Å². The molecule has 6 nitrogen and oxygen atoms in total. The van der Waals surface area contributed by atoms with Crippen LogP contribution in [0.25, 0.3) is 0 Å². The van der Waals surface area contributed by atoms with Gasteiger partial charge in [-0.15, -0.1) is 24.8 Å². The van der Waals surface area contributed by atoms with Crippen molar-refractivity contribution >= 4 is 36.6 Å². The van der Waals surface area contributed by atoms with Gasteiger partial charge in [-0.1, -0.05) is 20.8 Å². The van der Waals surface area contributed by atoms with Crippen molar-refractivity contribution in [1.29, 1.82) is 0 Å². The van der Waals surface area contributed by atoms with E-state index in [4.69, 9.17) is 5.73 Å². The molecule has 0 saturated carbocycles. The number of nitrogens with zero attached hydrogens (tertiary/aromatic N) is 2. The summed E-state index contributed by atoms with van der Waals surface area (Å²) in [5.41, 5.74) is 5.72. The molecule has 8 heteroatoms. The van der Waals surface area contributed by atoms with Gasteiger partial charge in [0.05, 0.1) is 12.6 Å². The number of amides is 2. The third-order valence-corrected chi connectivity index (χ3v) is 3.61. The molecular weight excluding hydrogens is 315 g/mol. The van der Waals surface area contributed by atoms with Crippen LogP contribution in [0.15, 0.2) is 0 Å². The van der Waals surface area contributed by atoms with Crippen molar-refractivity contribution in [1.82, 2.24) is 15.1 Å². The summed E-state index contributed by atoms with van der Waals surface area (Å²) >= 11 is 0. The van der Waals surface area contributed by atoms with Crippen LogP contribution >= 0.6 is 24.8 Å². The Morgan fingerprint density at radius 3 is 2.10 bits per heavy atom. The van der Waals surface area contributed by atoms with E-state index >= 15 is 0 Å². The van der Waals surface area contributed by atoms with E-state index in [2.05, 4.69) is 17.1 Å². The zero-order valence-corrected chi connectivity index (χ0v) is 14.6.